The van der Waals surface area contributed by atoms with E-state index in [4.69, 9.17) is 4.74 Å². The molecule has 5 aromatic rings. The zero-order valence-electron chi connectivity index (χ0n) is 27.4. The maximum Gasteiger partial charge on any atom is 0.337 e. The lowest BCUT2D eigenvalue weighted by Crippen LogP contribution is -2.39. The van der Waals surface area contributed by atoms with E-state index in [0.717, 1.165) is 16.7 Å². The minimum absolute atomic E-state index is 0.209. The molecule has 0 atom stereocenters. The summed E-state index contributed by atoms with van der Waals surface area (Å²) in [6.45, 7) is 4.38. The summed E-state index contributed by atoms with van der Waals surface area (Å²) >= 11 is 1.17. The Morgan fingerprint density at radius 2 is 1.55 bits per heavy atom. The predicted molar refractivity (Wildman–Crippen MR) is 188 cm³/mol. The van der Waals surface area contributed by atoms with Crippen molar-refractivity contribution in [2.45, 2.75) is 26.9 Å². The third-order valence-corrected chi connectivity index (χ3v) is 9.05. The molecule has 256 valence electrons. The summed E-state index contributed by atoms with van der Waals surface area (Å²) < 4.78 is 37.5. The molecular weight excluding hydrogens is 654 g/mol. The molecule has 11 nitrogen and oxygen atoms in total. The van der Waals surface area contributed by atoms with E-state index < -0.39 is 29.4 Å². The number of ether oxygens (including phenoxy) is 1. The van der Waals surface area contributed by atoms with Crippen LogP contribution in [-0.2, 0) is 22.6 Å². The van der Waals surface area contributed by atoms with Crippen molar-refractivity contribution in [2.75, 3.05) is 44.5 Å². The second kappa shape index (κ2) is 15.4. The van der Waals surface area contributed by atoms with Crippen molar-refractivity contribution >= 4 is 44.9 Å². The summed E-state index contributed by atoms with van der Waals surface area (Å²) in [4.78, 5) is 55.3. The summed E-state index contributed by atoms with van der Waals surface area (Å²) in [6.07, 6.45) is 0. The largest absolute Gasteiger partial charge is 0.383 e. The van der Waals surface area contributed by atoms with Gasteiger partial charge in [0, 0.05) is 55.5 Å². The van der Waals surface area contributed by atoms with Gasteiger partial charge in [-0.15, -0.1) is 11.3 Å². The number of anilines is 2. The lowest BCUT2D eigenvalue weighted by Gasteiger charge is -2.18. The lowest BCUT2D eigenvalue weighted by molar-refractivity contribution is -0.114. The standard InChI is InChI=1S/C35H36F2N6O5S/c1-5-38-34(46)40-24-11-9-22(10-12-24)31-27(19-41(3)17-18-48-4)30-32(45)43(25-15-13-23(14-16-25)39-21(2)44)35(47)42(33(30)49-31)20-26-28(36)7-6-8-29(26)37/h6-16H,5,17-20H2,1-4H3,(H,39,44)(H2,38,40,46). The van der Waals surface area contributed by atoms with Gasteiger partial charge in [-0.1, -0.05) is 18.2 Å². The number of aromatic nitrogens is 2. The molecule has 3 amide bonds. The zero-order chi connectivity index (χ0) is 35.2. The Morgan fingerprint density at radius 1 is 0.918 bits per heavy atom. The van der Waals surface area contributed by atoms with E-state index >= 15 is 8.78 Å². The van der Waals surface area contributed by atoms with Gasteiger partial charge >= 0.3 is 11.7 Å². The van der Waals surface area contributed by atoms with Crippen LogP contribution in [0, 0.1) is 11.6 Å². The maximum atomic E-state index is 15.0. The number of fused-ring (bicyclic) bond motifs is 1. The number of thiophene rings is 1. The molecule has 0 aliphatic heterocycles. The molecule has 0 bridgehead atoms. The first-order valence-electron chi connectivity index (χ1n) is 15.5. The van der Waals surface area contributed by atoms with Crippen molar-refractivity contribution in [2.24, 2.45) is 0 Å². The average molecular weight is 691 g/mol. The highest BCUT2D eigenvalue weighted by molar-refractivity contribution is 7.22. The number of hydrogen-bond donors (Lipinski definition) is 3. The Morgan fingerprint density at radius 3 is 2.16 bits per heavy atom. The Hall–Kier alpha value is -5.18. The molecule has 0 saturated carbocycles. The number of hydrogen-bond acceptors (Lipinski definition) is 7. The van der Waals surface area contributed by atoms with Crippen molar-refractivity contribution in [1.82, 2.24) is 19.4 Å². The van der Waals surface area contributed by atoms with Gasteiger partial charge in [0.1, 0.15) is 16.5 Å². The van der Waals surface area contributed by atoms with Crippen LogP contribution < -0.4 is 27.2 Å². The third-order valence-electron chi connectivity index (χ3n) is 7.74. The number of benzene rings is 3. The van der Waals surface area contributed by atoms with E-state index in [1.54, 1.807) is 43.5 Å². The molecule has 3 aromatic carbocycles. The number of nitrogens with one attached hydrogen (secondary N) is 3. The molecule has 5 rings (SSSR count). The molecule has 3 N–H and O–H groups in total. The van der Waals surface area contributed by atoms with E-state index in [1.807, 2.05) is 18.9 Å². The maximum absolute atomic E-state index is 15.0. The molecular formula is C35H36F2N6O5S. The summed E-state index contributed by atoms with van der Waals surface area (Å²) in [5.41, 5.74) is 0.811. The average Bonchev–Trinajstić information content (AvgIpc) is 3.43. The first-order valence-corrected chi connectivity index (χ1v) is 16.3. The SMILES string of the molecule is CCNC(=O)Nc1ccc(-c2sc3c(c2CN(C)CCOC)c(=O)n(-c2ccc(NC(C)=O)cc2)c(=O)n3Cc2c(F)cccc2F)cc1. The van der Waals surface area contributed by atoms with Crippen molar-refractivity contribution in [3.05, 3.63) is 110 Å². The molecule has 0 radical (unpaired) electrons. The number of methoxy groups -OCH3 is 1. The van der Waals surface area contributed by atoms with Gasteiger partial charge in [0.2, 0.25) is 5.91 Å². The van der Waals surface area contributed by atoms with Crippen LogP contribution in [0.3, 0.4) is 0 Å². The summed E-state index contributed by atoms with van der Waals surface area (Å²) in [7, 11) is 3.46. The van der Waals surface area contributed by atoms with Crippen LogP contribution in [-0.4, -0.2) is 59.8 Å². The fourth-order valence-electron chi connectivity index (χ4n) is 5.40. The number of urea groups is 1. The van der Waals surface area contributed by atoms with Crippen molar-refractivity contribution in [3.8, 4) is 16.1 Å². The fourth-order valence-corrected chi connectivity index (χ4v) is 6.70. The van der Waals surface area contributed by atoms with Crippen molar-refractivity contribution in [3.63, 3.8) is 0 Å². The number of carbonyl (C=O) groups excluding carboxylic acids is 2. The Balaban J connectivity index is 1.78. The summed E-state index contributed by atoms with van der Waals surface area (Å²) in [5.74, 6) is -1.95. The van der Waals surface area contributed by atoms with Crippen LogP contribution in [0.2, 0.25) is 0 Å². The fraction of sp³-hybridized carbons (Fsp3) is 0.257. The van der Waals surface area contributed by atoms with Crippen LogP contribution in [0.15, 0.2) is 76.3 Å². The zero-order valence-corrected chi connectivity index (χ0v) is 28.2. The minimum Gasteiger partial charge on any atom is -0.383 e. The highest BCUT2D eigenvalue weighted by Crippen LogP contribution is 2.38. The molecule has 0 aliphatic rings. The second-order valence-electron chi connectivity index (χ2n) is 11.3. The number of amides is 3. The van der Waals surface area contributed by atoms with Gasteiger partial charge < -0.3 is 20.7 Å². The molecule has 0 fully saturated rings. The molecule has 14 heteroatoms. The monoisotopic (exact) mass is 690 g/mol. The van der Waals surface area contributed by atoms with Gasteiger partial charge in [-0.3, -0.25) is 19.1 Å². The van der Waals surface area contributed by atoms with Crippen LogP contribution in [0.25, 0.3) is 26.3 Å². The predicted octanol–water partition coefficient (Wildman–Crippen LogP) is 5.39. The van der Waals surface area contributed by atoms with E-state index in [1.165, 1.54) is 41.0 Å². The molecule has 2 aromatic heterocycles. The van der Waals surface area contributed by atoms with Crippen LogP contribution in [0.4, 0.5) is 25.0 Å². The molecule has 0 saturated heterocycles. The molecule has 0 aliphatic carbocycles. The Bertz CT molecular complexity index is 2090. The van der Waals surface area contributed by atoms with Gasteiger partial charge in [0.15, 0.2) is 0 Å². The van der Waals surface area contributed by atoms with Crippen LogP contribution in [0.1, 0.15) is 25.0 Å². The van der Waals surface area contributed by atoms with Crippen LogP contribution >= 0.6 is 11.3 Å². The first-order chi connectivity index (χ1) is 23.5. The Kier molecular flexibility index (Phi) is 11.0. The number of halogens is 2. The lowest BCUT2D eigenvalue weighted by atomic mass is 10.1. The number of likely N-dealkylation sites (N-methyl/N-ethyl adjacent to an activating group) is 1. The van der Waals surface area contributed by atoms with E-state index in [0.29, 0.717) is 47.1 Å². The van der Waals surface area contributed by atoms with Gasteiger partial charge in [-0.2, -0.15) is 0 Å². The highest BCUT2D eigenvalue weighted by Gasteiger charge is 2.25. The third kappa shape index (κ3) is 7.77. The van der Waals surface area contributed by atoms with E-state index in [2.05, 4.69) is 16.0 Å². The van der Waals surface area contributed by atoms with Crippen LogP contribution in [0.5, 0.6) is 0 Å². The number of rotatable bonds is 12. The minimum atomic E-state index is -0.830. The van der Waals surface area contributed by atoms with E-state index in [-0.39, 0.29) is 40.0 Å². The molecule has 0 spiro atoms. The second-order valence-corrected chi connectivity index (χ2v) is 12.3. The van der Waals surface area contributed by atoms with Gasteiger partial charge in [0.25, 0.3) is 5.56 Å². The summed E-state index contributed by atoms with van der Waals surface area (Å²) in [5, 5.41) is 8.31. The Labute approximate surface area is 284 Å². The number of carbonyl (C=O) groups is 2. The molecule has 49 heavy (non-hydrogen) atoms. The highest BCUT2D eigenvalue weighted by atomic mass is 32.1. The smallest absolute Gasteiger partial charge is 0.337 e. The first kappa shape index (κ1) is 35.1. The van der Waals surface area contributed by atoms with E-state index in [9.17, 15) is 19.2 Å². The van der Waals surface area contributed by atoms with Gasteiger partial charge in [0.05, 0.1) is 24.2 Å². The normalized spacial score (nSPS) is 11.2. The summed E-state index contributed by atoms with van der Waals surface area (Å²) in [6, 6.07) is 16.3. The van der Waals surface area contributed by atoms with Crippen molar-refractivity contribution < 1.29 is 23.1 Å². The topological polar surface area (TPSA) is 127 Å². The molecule has 2 heterocycles. The molecule has 0 unspecified atom stereocenters. The quantitative estimate of drug-likeness (QED) is 0.161. The van der Waals surface area contributed by atoms with Gasteiger partial charge in [-0.25, -0.2) is 22.9 Å². The van der Waals surface area contributed by atoms with Gasteiger partial charge in [-0.05, 0) is 73.6 Å². The number of nitrogens with zero attached hydrogens (tertiary/aromatic N) is 3. The van der Waals surface area contributed by atoms with Crippen molar-refractivity contribution in [1.29, 1.82) is 0 Å².